The minimum atomic E-state index is 0.00844. The number of carbonyl (C=O) groups is 1. The maximum atomic E-state index is 13.4. The molecule has 0 radical (unpaired) electrons. The summed E-state index contributed by atoms with van der Waals surface area (Å²) in [7, 11) is 2.08. The van der Waals surface area contributed by atoms with Gasteiger partial charge >= 0.3 is 0 Å². The molecule has 0 spiro atoms. The number of aromatic nitrogens is 2. The number of amides is 1. The average Bonchev–Trinajstić information content (AvgIpc) is 3.49. The van der Waals surface area contributed by atoms with Gasteiger partial charge in [0.25, 0.3) is 0 Å². The van der Waals surface area contributed by atoms with Crippen molar-refractivity contribution < 1.29 is 9.90 Å². The first-order valence-corrected chi connectivity index (χ1v) is 13.2. The van der Waals surface area contributed by atoms with Crippen molar-refractivity contribution in [3.05, 3.63) is 46.1 Å². The Kier molecular flexibility index (Phi) is 5.99. The van der Waals surface area contributed by atoms with Gasteiger partial charge in [0.15, 0.2) is 0 Å². The molecule has 2 atom stereocenters. The third-order valence-corrected chi connectivity index (χ3v) is 8.81. The van der Waals surface area contributed by atoms with Gasteiger partial charge in [-0.1, -0.05) is 6.07 Å². The van der Waals surface area contributed by atoms with E-state index in [-0.39, 0.29) is 24.5 Å². The van der Waals surface area contributed by atoms with Crippen molar-refractivity contribution >= 4 is 45.2 Å². The summed E-state index contributed by atoms with van der Waals surface area (Å²) in [6.07, 6.45) is 6.72. The van der Waals surface area contributed by atoms with Crippen LogP contribution in [0.2, 0.25) is 0 Å². The van der Waals surface area contributed by atoms with E-state index in [2.05, 4.69) is 50.4 Å². The minimum Gasteiger partial charge on any atom is -0.396 e. The van der Waals surface area contributed by atoms with E-state index in [0.29, 0.717) is 13.0 Å². The molecule has 2 unspecified atom stereocenters. The lowest BCUT2D eigenvalue weighted by Gasteiger charge is -2.41. The molecule has 35 heavy (non-hydrogen) atoms. The first-order chi connectivity index (χ1) is 17.1. The third kappa shape index (κ3) is 4.22. The van der Waals surface area contributed by atoms with E-state index in [1.165, 1.54) is 16.0 Å². The highest BCUT2D eigenvalue weighted by Crippen LogP contribution is 2.41. The van der Waals surface area contributed by atoms with Crippen LogP contribution in [0.15, 0.2) is 29.5 Å². The van der Waals surface area contributed by atoms with Crippen LogP contribution in [-0.4, -0.2) is 76.3 Å². The summed E-state index contributed by atoms with van der Waals surface area (Å²) in [5, 5.41) is 14.0. The quantitative estimate of drug-likeness (QED) is 0.571. The highest BCUT2D eigenvalue weighted by molar-refractivity contribution is 7.19. The first kappa shape index (κ1) is 22.6. The number of nitrogens with one attached hydrogen (secondary N) is 1. The number of likely N-dealkylation sites (N-methyl/N-ethyl adjacent to an activating group) is 1. The van der Waals surface area contributed by atoms with E-state index in [1.807, 2.05) is 11.1 Å². The maximum absolute atomic E-state index is 13.4. The SMILES string of the molecule is CN1CCN(C(=O)C2CCc3c(sc4ncnc(Nc5ccc6c(c5)C=NC6)c34)C2)CC1CCO. The number of anilines is 2. The number of aryl methyl sites for hydroxylation is 1. The van der Waals surface area contributed by atoms with Gasteiger partial charge in [-0.2, -0.15) is 0 Å². The normalized spacial score (nSPS) is 21.8. The Morgan fingerprint density at radius 3 is 3.09 bits per heavy atom. The van der Waals surface area contributed by atoms with Gasteiger partial charge in [-0.05, 0) is 61.6 Å². The molecule has 1 aliphatic carbocycles. The Hall–Kier alpha value is -2.88. The van der Waals surface area contributed by atoms with Crippen LogP contribution in [0.3, 0.4) is 0 Å². The molecular weight excluding hydrogens is 460 g/mol. The molecule has 6 rings (SSSR count). The van der Waals surface area contributed by atoms with Gasteiger partial charge in [0.2, 0.25) is 5.91 Å². The number of nitrogens with zero attached hydrogens (tertiary/aromatic N) is 5. The molecule has 182 valence electrons. The molecular formula is C26H30N6O2S. The van der Waals surface area contributed by atoms with Gasteiger partial charge in [0.1, 0.15) is 17.0 Å². The molecule has 0 bridgehead atoms. The van der Waals surface area contributed by atoms with Gasteiger partial charge in [0, 0.05) is 55.0 Å². The molecule has 9 heteroatoms. The van der Waals surface area contributed by atoms with Crippen LogP contribution < -0.4 is 5.32 Å². The standard InChI is InChI=1S/C26H30N6O2S/c1-31-7-8-32(14-20(31)6-9-33)26(34)16-3-5-21-22(11-16)35-25-23(21)24(28-15-29-25)30-19-4-2-17-12-27-13-18(17)10-19/h2,4,10,13,15-16,20,33H,3,5-9,11-12,14H2,1H3,(H,28,29,30). The molecule has 2 aliphatic heterocycles. The molecule has 4 heterocycles. The van der Waals surface area contributed by atoms with Crippen molar-refractivity contribution in [2.45, 2.75) is 38.3 Å². The molecule has 1 saturated heterocycles. The minimum absolute atomic E-state index is 0.00844. The molecule has 8 nitrogen and oxygen atoms in total. The highest BCUT2D eigenvalue weighted by atomic mass is 32.1. The Bertz CT molecular complexity index is 1300. The smallest absolute Gasteiger partial charge is 0.226 e. The number of benzene rings is 1. The van der Waals surface area contributed by atoms with Gasteiger partial charge in [0.05, 0.1) is 11.9 Å². The number of aliphatic imine (C=N–C) groups is 1. The lowest BCUT2D eigenvalue weighted by Crippen LogP contribution is -2.55. The number of aliphatic hydroxyl groups is 1. The van der Waals surface area contributed by atoms with Crippen LogP contribution in [0.5, 0.6) is 0 Å². The van der Waals surface area contributed by atoms with Gasteiger partial charge in [-0.15, -0.1) is 11.3 Å². The second-order valence-electron chi connectivity index (χ2n) is 9.79. The summed E-state index contributed by atoms with van der Waals surface area (Å²) in [5.74, 6) is 1.10. The predicted octanol–water partition coefficient (Wildman–Crippen LogP) is 3.00. The van der Waals surface area contributed by atoms with Crippen LogP contribution in [0.1, 0.15) is 34.4 Å². The van der Waals surface area contributed by atoms with E-state index in [0.717, 1.165) is 66.2 Å². The number of piperazine rings is 1. The number of thiophene rings is 1. The summed E-state index contributed by atoms with van der Waals surface area (Å²) in [4.78, 5) is 33.5. The molecule has 1 aromatic carbocycles. The second kappa shape index (κ2) is 9.29. The van der Waals surface area contributed by atoms with E-state index in [9.17, 15) is 9.90 Å². The van der Waals surface area contributed by atoms with Crippen molar-refractivity contribution in [1.29, 1.82) is 0 Å². The maximum Gasteiger partial charge on any atom is 0.226 e. The van der Waals surface area contributed by atoms with Crippen LogP contribution in [-0.2, 0) is 24.2 Å². The topological polar surface area (TPSA) is 94.0 Å². The number of fused-ring (bicyclic) bond motifs is 4. The Morgan fingerprint density at radius 1 is 1.29 bits per heavy atom. The van der Waals surface area contributed by atoms with E-state index < -0.39 is 0 Å². The molecule has 0 saturated carbocycles. The lowest BCUT2D eigenvalue weighted by atomic mass is 9.86. The zero-order valence-electron chi connectivity index (χ0n) is 19.9. The number of hydrogen-bond donors (Lipinski definition) is 2. The fourth-order valence-electron chi connectivity index (χ4n) is 5.60. The Labute approximate surface area is 208 Å². The summed E-state index contributed by atoms with van der Waals surface area (Å²) in [5.41, 5.74) is 4.68. The molecule has 2 N–H and O–H groups in total. The van der Waals surface area contributed by atoms with E-state index in [1.54, 1.807) is 17.7 Å². The Balaban J connectivity index is 1.22. The second-order valence-corrected chi connectivity index (χ2v) is 10.9. The largest absolute Gasteiger partial charge is 0.396 e. The molecule has 1 amide bonds. The summed E-state index contributed by atoms with van der Waals surface area (Å²) >= 11 is 1.70. The monoisotopic (exact) mass is 490 g/mol. The number of aliphatic hydroxyl groups excluding tert-OH is 1. The molecule has 2 aromatic heterocycles. The summed E-state index contributed by atoms with van der Waals surface area (Å²) < 4.78 is 0. The fourth-order valence-corrected chi connectivity index (χ4v) is 6.86. The fraction of sp³-hybridized carbons (Fsp3) is 0.462. The summed E-state index contributed by atoms with van der Waals surface area (Å²) in [6, 6.07) is 6.55. The van der Waals surface area contributed by atoms with Crippen LogP contribution in [0.4, 0.5) is 11.5 Å². The predicted molar refractivity (Wildman–Crippen MR) is 139 cm³/mol. The van der Waals surface area contributed by atoms with Crippen molar-refractivity contribution in [3.63, 3.8) is 0 Å². The van der Waals surface area contributed by atoms with Gasteiger partial charge in [-0.25, -0.2) is 9.97 Å². The zero-order chi connectivity index (χ0) is 23.9. The zero-order valence-corrected chi connectivity index (χ0v) is 20.7. The molecule has 3 aromatic rings. The molecule has 1 fully saturated rings. The van der Waals surface area contributed by atoms with Crippen molar-refractivity contribution in [2.24, 2.45) is 10.9 Å². The van der Waals surface area contributed by atoms with Crippen LogP contribution in [0.25, 0.3) is 10.2 Å². The highest BCUT2D eigenvalue weighted by Gasteiger charge is 2.34. The van der Waals surface area contributed by atoms with Crippen molar-refractivity contribution in [2.75, 3.05) is 38.6 Å². The Morgan fingerprint density at radius 2 is 2.20 bits per heavy atom. The van der Waals surface area contributed by atoms with Gasteiger partial charge in [-0.3, -0.25) is 14.7 Å². The summed E-state index contributed by atoms with van der Waals surface area (Å²) in [6.45, 7) is 3.23. The van der Waals surface area contributed by atoms with E-state index in [4.69, 9.17) is 0 Å². The van der Waals surface area contributed by atoms with Crippen molar-refractivity contribution in [1.82, 2.24) is 19.8 Å². The van der Waals surface area contributed by atoms with Crippen LogP contribution >= 0.6 is 11.3 Å². The average molecular weight is 491 g/mol. The lowest BCUT2D eigenvalue weighted by molar-refractivity contribution is -0.138. The number of hydrogen-bond acceptors (Lipinski definition) is 8. The first-order valence-electron chi connectivity index (χ1n) is 12.4. The molecule has 3 aliphatic rings. The van der Waals surface area contributed by atoms with Gasteiger partial charge < -0.3 is 15.3 Å². The van der Waals surface area contributed by atoms with Crippen molar-refractivity contribution in [3.8, 4) is 0 Å². The third-order valence-electron chi connectivity index (χ3n) is 7.65. The van der Waals surface area contributed by atoms with E-state index >= 15 is 0 Å². The van der Waals surface area contributed by atoms with Crippen LogP contribution in [0, 0.1) is 5.92 Å². The number of rotatable bonds is 5. The number of carbonyl (C=O) groups excluding carboxylic acids is 1.